The van der Waals surface area contributed by atoms with Crippen LogP contribution < -0.4 is 4.90 Å². The molecule has 7 nitrogen and oxygen atoms in total. The lowest BCUT2D eigenvalue weighted by Crippen LogP contribution is -2.51. The van der Waals surface area contributed by atoms with Gasteiger partial charge >= 0.3 is 0 Å². The van der Waals surface area contributed by atoms with Crippen LogP contribution in [-0.2, 0) is 20.8 Å². The van der Waals surface area contributed by atoms with Crippen molar-refractivity contribution in [2.45, 2.75) is 52.4 Å². The Bertz CT molecular complexity index is 783. The van der Waals surface area contributed by atoms with Crippen molar-refractivity contribution in [3.63, 3.8) is 0 Å². The van der Waals surface area contributed by atoms with E-state index in [1.54, 1.807) is 0 Å². The minimum absolute atomic E-state index is 0.120. The van der Waals surface area contributed by atoms with Crippen LogP contribution >= 0.6 is 0 Å². The summed E-state index contributed by atoms with van der Waals surface area (Å²) in [6.07, 6.45) is 4.30. The second kappa shape index (κ2) is 12.0. The Hall–Kier alpha value is -2.41. The summed E-state index contributed by atoms with van der Waals surface area (Å²) in [6.45, 7) is 9.63. The van der Waals surface area contributed by atoms with Gasteiger partial charge in [0, 0.05) is 64.3 Å². The molecular formula is C25H38N4O3. The third-order valence-electron chi connectivity index (χ3n) is 6.39. The second-order valence-corrected chi connectivity index (χ2v) is 8.82. The molecule has 1 aromatic carbocycles. The zero-order chi connectivity index (χ0) is 22.9. The lowest BCUT2D eigenvalue weighted by atomic mass is 10.1. The van der Waals surface area contributed by atoms with Crippen LogP contribution in [0.25, 0.3) is 0 Å². The molecular weight excluding hydrogens is 404 g/mol. The number of rotatable bonds is 10. The van der Waals surface area contributed by atoms with Crippen molar-refractivity contribution in [1.29, 1.82) is 0 Å². The number of carbonyl (C=O) groups excluding carboxylic acids is 3. The average Bonchev–Trinajstić information content (AvgIpc) is 3.23. The number of carbonyl (C=O) groups is 3. The van der Waals surface area contributed by atoms with Gasteiger partial charge < -0.3 is 14.7 Å². The smallest absolute Gasteiger partial charge is 0.241 e. The predicted molar refractivity (Wildman–Crippen MR) is 127 cm³/mol. The van der Waals surface area contributed by atoms with Gasteiger partial charge in [-0.15, -0.1) is 0 Å². The first-order valence-corrected chi connectivity index (χ1v) is 12.2. The molecule has 0 N–H and O–H groups in total. The third-order valence-corrected chi connectivity index (χ3v) is 6.39. The van der Waals surface area contributed by atoms with Gasteiger partial charge in [0.15, 0.2) is 0 Å². The summed E-state index contributed by atoms with van der Waals surface area (Å²) < 4.78 is 0. The van der Waals surface area contributed by atoms with E-state index in [1.165, 1.54) is 5.56 Å². The summed E-state index contributed by atoms with van der Waals surface area (Å²) in [5.74, 6) is 0.417. The van der Waals surface area contributed by atoms with Crippen LogP contribution in [-0.4, -0.2) is 84.8 Å². The topological polar surface area (TPSA) is 64.2 Å². The highest BCUT2D eigenvalue weighted by molar-refractivity contribution is 5.96. The van der Waals surface area contributed by atoms with Crippen LogP contribution in [0.1, 0.15) is 51.5 Å². The van der Waals surface area contributed by atoms with Gasteiger partial charge in [-0.2, -0.15) is 0 Å². The molecule has 1 aromatic rings. The number of hydrogen-bond acceptors (Lipinski definition) is 4. The molecule has 1 saturated heterocycles. The first-order chi connectivity index (χ1) is 15.5. The fourth-order valence-corrected chi connectivity index (χ4v) is 4.64. The van der Waals surface area contributed by atoms with Gasteiger partial charge in [0.05, 0.1) is 6.54 Å². The summed E-state index contributed by atoms with van der Waals surface area (Å²) in [5.41, 5.74) is 2.28. The summed E-state index contributed by atoms with van der Waals surface area (Å²) in [6, 6.07) is 8.11. The van der Waals surface area contributed by atoms with Gasteiger partial charge in [0.1, 0.15) is 0 Å². The number of amides is 3. The maximum atomic E-state index is 12.8. The Labute approximate surface area is 192 Å². The molecule has 7 heteroatoms. The van der Waals surface area contributed by atoms with Crippen LogP contribution in [0.5, 0.6) is 0 Å². The highest BCUT2D eigenvalue weighted by Crippen LogP contribution is 2.27. The number of para-hydroxylation sites is 1. The van der Waals surface area contributed by atoms with Gasteiger partial charge in [-0.1, -0.05) is 32.0 Å². The highest BCUT2D eigenvalue weighted by Gasteiger charge is 2.27. The zero-order valence-corrected chi connectivity index (χ0v) is 19.7. The van der Waals surface area contributed by atoms with Crippen LogP contribution in [0.4, 0.5) is 5.69 Å². The number of piperazine rings is 1. The number of fused-ring (bicyclic) bond motifs is 1. The fourth-order valence-electron chi connectivity index (χ4n) is 4.64. The van der Waals surface area contributed by atoms with Gasteiger partial charge in [0.2, 0.25) is 17.7 Å². The van der Waals surface area contributed by atoms with Gasteiger partial charge in [-0.25, -0.2) is 0 Å². The average molecular weight is 443 g/mol. The van der Waals surface area contributed by atoms with Crippen LogP contribution in [0.15, 0.2) is 24.3 Å². The molecule has 0 aromatic heterocycles. The molecule has 2 aliphatic heterocycles. The van der Waals surface area contributed by atoms with Crippen molar-refractivity contribution < 1.29 is 14.4 Å². The molecule has 1 fully saturated rings. The molecule has 0 spiro atoms. The molecule has 0 radical (unpaired) electrons. The Kier molecular flexibility index (Phi) is 9.09. The zero-order valence-electron chi connectivity index (χ0n) is 19.7. The molecule has 32 heavy (non-hydrogen) atoms. The van der Waals surface area contributed by atoms with Gasteiger partial charge in [0.25, 0.3) is 0 Å². The van der Waals surface area contributed by atoms with E-state index in [0.717, 1.165) is 44.6 Å². The van der Waals surface area contributed by atoms with E-state index >= 15 is 0 Å². The standard InChI is InChI=1S/C25H38N4O3/c1-3-13-27(14-4-2)23(30)10-7-11-24(31)28-18-16-26(17-19-28)20-25(32)29-15-12-21-8-5-6-9-22(21)29/h5-6,8-9H,3-4,7,10-20H2,1-2H3. The van der Waals surface area contributed by atoms with Crippen LogP contribution in [0.3, 0.4) is 0 Å². The highest BCUT2D eigenvalue weighted by atomic mass is 16.2. The molecule has 2 aliphatic rings. The van der Waals surface area contributed by atoms with Gasteiger partial charge in [-0.3, -0.25) is 19.3 Å². The monoisotopic (exact) mass is 442 g/mol. The van der Waals surface area contributed by atoms with Gasteiger partial charge in [-0.05, 0) is 37.3 Å². The second-order valence-electron chi connectivity index (χ2n) is 8.82. The molecule has 176 valence electrons. The molecule has 2 heterocycles. The first-order valence-electron chi connectivity index (χ1n) is 12.2. The molecule has 3 amide bonds. The summed E-state index contributed by atoms with van der Waals surface area (Å²) in [4.78, 5) is 45.6. The maximum Gasteiger partial charge on any atom is 0.241 e. The van der Waals surface area contributed by atoms with E-state index in [9.17, 15) is 14.4 Å². The van der Waals surface area contributed by atoms with E-state index in [-0.39, 0.29) is 17.7 Å². The van der Waals surface area contributed by atoms with Crippen molar-refractivity contribution in [2.24, 2.45) is 0 Å². The molecule has 0 bridgehead atoms. The number of benzene rings is 1. The fraction of sp³-hybridized carbons (Fsp3) is 0.640. The first kappa shape index (κ1) is 24.2. The molecule has 0 unspecified atom stereocenters. The minimum Gasteiger partial charge on any atom is -0.343 e. The van der Waals surface area contributed by atoms with E-state index < -0.39 is 0 Å². The molecule has 0 atom stereocenters. The van der Waals surface area contributed by atoms with Crippen molar-refractivity contribution >= 4 is 23.4 Å². The lowest BCUT2D eigenvalue weighted by molar-refractivity contribution is -0.134. The molecule has 0 saturated carbocycles. The van der Waals surface area contributed by atoms with Crippen molar-refractivity contribution in [1.82, 2.24) is 14.7 Å². The summed E-state index contributed by atoms with van der Waals surface area (Å²) in [5, 5.41) is 0. The quantitative estimate of drug-likeness (QED) is 0.559. The van der Waals surface area contributed by atoms with E-state index in [1.807, 2.05) is 32.9 Å². The molecule has 3 rings (SSSR count). The summed E-state index contributed by atoms with van der Waals surface area (Å²) >= 11 is 0. The Morgan fingerprint density at radius 1 is 0.875 bits per heavy atom. The van der Waals surface area contributed by atoms with E-state index in [2.05, 4.69) is 24.8 Å². The Morgan fingerprint density at radius 3 is 2.25 bits per heavy atom. The minimum atomic E-state index is 0.120. The van der Waals surface area contributed by atoms with Crippen molar-refractivity contribution in [3.05, 3.63) is 29.8 Å². The normalized spacial score (nSPS) is 16.2. The lowest BCUT2D eigenvalue weighted by Gasteiger charge is -2.35. The molecule has 0 aliphatic carbocycles. The largest absolute Gasteiger partial charge is 0.343 e. The SMILES string of the molecule is CCCN(CCC)C(=O)CCCC(=O)N1CCN(CC(=O)N2CCc3ccccc32)CC1. The van der Waals surface area contributed by atoms with E-state index in [4.69, 9.17) is 0 Å². The predicted octanol–water partition coefficient (Wildman–Crippen LogP) is 2.54. The van der Waals surface area contributed by atoms with Crippen molar-refractivity contribution in [2.75, 3.05) is 57.3 Å². The number of hydrogen-bond donors (Lipinski definition) is 0. The van der Waals surface area contributed by atoms with Crippen LogP contribution in [0, 0.1) is 0 Å². The van der Waals surface area contributed by atoms with Crippen molar-refractivity contribution in [3.8, 4) is 0 Å². The Balaban J connectivity index is 1.37. The Morgan fingerprint density at radius 2 is 1.56 bits per heavy atom. The van der Waals surface area contributed by atoms with Crippen LogP contribution in [0.2, 0.25) is 0 Å². The number of nitrogens with zero attached hydrogens (tertiary/aromatic N) is 4. The third kappa shape index (κ3) is 6.31. The maximum absolute atomic E-state index is 12.8. The summed E-state index contributed by atoms with van der Waals surface area (Å²) in [7, 11) is 0. The van der Waals surface area contributed by atoms with E-state index in [0.29, 0.717) is 52.0 Å². The number of anilines is 1.